The molecule has 1 unspecified atom stereocenters. The van der Waals surface area contributed by atoms with Crippen molar-refractivity contribution in [1.29, 1.82) is 0 Å². The number of anilines is 2. The van der Waals surface area contributed by atoms with Gasteiger partial charge < -0.3 is 15.4 Å². The number of carbonyl (C=O) groups excluding carboxylic acids is 1. The number of rotatable bonds is 5. The van der Waals surface area contributed by atoms with Gasteiger partial charge in [0.25, 0.3) is 0 Å². The largest absolute Gasteiger partial charge is 0.496 e. The summed E-state index contributed by atoms with van der Waals surface area (Å²) in [5, 5.41) is 6.40. The van der Waals surface area contributed by atoms with E-state index < -0.39 is 0 Å². The average Bonchev–Trinajstić information content (AvgIpc) is 2.62. The van der Waals surface area contributed by atoms with Crippen LogP contribution in [-0.2, 0) is 0 Å². The maximum absolute atomic E-state index is 12.0. The molecule has 0 aromatic heterocycles. The first-order valence-corrected chi connectivity index (χ1v) is 8.65. The maximum atomic E-state index is 12.0. The van der Waals surface area contributed by atoms with Crippen LogP contribution in [0.4, 0.5) is 16.2 Å². The summed E-state index contributed by atoms with van der Waals surface area (Å²) in [5.74, 6) is 0.872. The maximum Gasteiger partial charge on any atom is 0.321 e. The highest BCUT2D eigenvalue weighted by Crippen LogP contribution is 2.30. The van der Waals surface area contributed by atoms with Gasteiger partial charge >= 0.3 is 6.03 Å². The van der Waals surface area contributed by atoms with Crippen LogP contribution in [0.1, 0.15) is 30.5 Å². The number of methoxy groups -OCH3 is 1. The number of aryl methyl sites for hydroxylation is 1. The highest BCUT2D eigenvalue weighted by atomic mass is 16.5. The summed E-state index contributed by atoms with van der Waals surface area (Å²) in [7, 11) is 1.69. The lowest BCUT2D eigenvalue weighted by molar-refractivity contribution is 0.243. The first kappa shape index (κ1) is 17.1. The third kappa shape index (κ3) is 3.87. The van der Waals surface area contributed by atoms with Crippen LogP contribution in [0, 0.1) is 6.92 Å². The molecule has 25 heavy (non-hydrogen) atoms. The number of ether oxygens (including phenoxy) is 1. The van der Waals surface area contributed by atoms with E-state index in [1.165, 1.54) is 5.56 Å². The van der Waals surface area contributed by atoms with Gasteiger partial charge in [0.2, 0.25) is 0 Å². The van der Waals surface area contributed by atoms with E-state index in [1.807, 2.05) is 36.4 Å². The van der Waals surface area contributed by atoms with Crippen LogP contribution >= 0.6 is 0 Å². The standard InChI is InChI=1S/C20H25N3O2/c1-14-8-9-19(25-3)18(12-14)15(2)22-16-6-4-7-17(13-16)23-11-5-10-21-20(23)24/h4,6-9,12-13,15,22H,5,10-11H2,1-3H3,(H,21,24). The van der Waals surface area contributed by atoms with Gasteiger partial charge in [-0.3, -0.25) is 4.90 Å². The highest BCUT2D eigenvalue weighted by Gasteiger charge is 2.19. The van der Waals surface area contributed by atoms with Crippen LogP contribution in [0.3, 0.4) is 0 Å². The predicted octanol–water partition coefficient (Wildman–Crippen LogP) is 4.10. The zero-order chi connectivity index (χ0) is 17.8. The van der Waals surface area contributed by atoms with Gasteiger partial charge in [-0.2, -0.15) is 0 Å². The van der Waals surface area contributed by atoms with Gasteiger partial charge in [-0.1, -0.05) is 23.8 Å². The minimum absolute atomic E-state index is 0.0307. The van der Waals surface area contributed by atoms with Gasteiger partial charge in [0, 0.05) is 30.0 Å². The number of urea groups is 1. The summed E-state index contributed by atoms with van der Waals surface area (Å²) < 4.78 is 5.49. The van der Waals surface area contributed by atoms with Crippen molar-refractivity contribution in [3.63, 3.8) is 0 Å². The van der Waals surface area contributed by atoms with Crippen LogP contribution in [0.15, 0.2) is 42.5 Å². The molecule has 0 bridgehead atoms. The average molecular weight is 339 g/mol. The summed E-state index contributed by atoms with van der Waals surface area (Å²) in [6.07, 6.45) is 0.959. The minimum atomic E-state index is -0.0307. The first-order chi connectivity index (χ1) is 12.1. The number of carbonyl (C=O) groups is 1. The lowest BCUT2D eigenvalue weighted by Crippen LogP contribution is -2.46. The van der Waals surface area contributed by atoms with Crippen molar-refractivity contribution in [2.45, 2.75) is 26.3 Å². The van der Waals surface area contributed by atoms with Crippen molar-refractivity contribution in [2.75, 3.05) is 30.4 Å². The minimum Gasteiger partial charge on any atom is -0.496 e. The van der Waals surface area contributed by atoms with E-state index in [2.05, 4.69) is 30.5 Å². The van der Waals surface area contributed by atoms with Gasteiger partial charge in [-0.05, 0) is 44.5 Å². The lowest BCUT2D eigenvalue weighted by Gasteiger charge is -2.28. The van der Waals surface area contributed by atoms with Crippen LogP contribution < -0.4 is 20.3 Å². The highest BCUT2D eigenvalue weighted by molar-refractivity contribution is 5.93. The molecule has 0 aliphatic carbocycles. The second kappa shape index (κ2) is 7.47. The van der Waals surface area contributed by atoms with E-state index in [0.717, 1.165) is 42.2 Å². The van der Waals surface area contributed by atoms with Gasteiger partial charge in [-0.25, -0.2) is 4.79 Å². The van der Waals surface area contributed by atoms with Crippen molar-refractivity contribution >= 4 is 17.4 Å². The molecule has 2 aromatic carbocycles. The van der Waals surface area contributed by atoms with Crippen molar-refractivity contribution in [1.82, 2.24) is 5.32 Å². The van der Waals surface area contributed by atoms with Crippen molar-refractivity contribution in [3.05, 3.63) is 53.6 Å². The van der Waals surface area contributed by atoms with E-state index in [9.17, 15) is 4.79 Å². The van der Waals surface area contributed by atoms with Gasteiger partial charge in [0.05, 0.1) is 13.2 Å². The van der Waals surface area contributed by atoms with Crippen LogP contribution in [0.25, 0.3) is 0 Å². The molecule has 0 radical (unpaired) electrons. The molecule has 1 aliphatic heterocycles. The number of hydrogen-bond acceptors (Lipinski definition) is 3. The van der Waals surface area contributed by atoms with E-state index in [1.54, 1.807) is 12.0 Å². The molecular weight excluding hydrogens is 314 g/mol. The molecule has 2 amide bonds. The molecule has 1 atom stereocenters. The molecule has 0 saturated carbocycles. The summed E-state index contributed by atoms with van der Waals surface area (Å²) in [5.41, 5.74) is 4.20. The monoisotopic (exact) mass is 339 g/mol. The summed E-state index contributed by atoms with van der Waals surface area (Å²) >= 11 is 0. The molecular formula is C20H25N3O2. The summed E-state index contributed by atoms with van der Waals surface area (Å²) in [6.45, 7) is 5.68. The topological polar surface area (TPSA) is 53.6 Å². The smallest absolute Gasteiger partial charge is 0.321 e. The Hall–Kier alpha value is -2.69. The van der Waals surface area contributed by atoms with Gasteiger partial charge in [0.1, 0.15) is 5.75 Å². The molecule has 5 heteroatoms. The summed E-state index contributed by atoms with van der Waals surface area (Å²) in [4.78, 5) is 13.8. The number of hydrogen-bond donors (Lipinski definition) is 2. The Balaban J connectivity index is 1.80. The molecule has 2 aromatic rings. The van der Waals surface area contributed by atoms with E-state index in [4.69, 9.17) is 4.74 Å². The molecule has 1 heterocycles. The van der Waals surface area contributed by atoms with E-state index in [0.29, 0.717) is 0 Å². The fourth-order valence-corrected chi connectivity index (χ4v) is 3.16. The molecule has 1 aliphatic rings. The molecule has 5 nitrogen and oxygen atoms in total. The van der Waals surface area contributed by atoms with Crippen LogP contribution in [0.5, 0.6) is 5.75 Å². The molecule has 1 saturated heterocycles. The molecule has 1 fully saturated rings. The van der Waals surface area contributed by atoms with Crippen molar-refractivity contribution in [2.24, 2.45) is 0 Å². The quantitative estimate of drug-likeness (QED) is 0.862. The second-order valence-electron chi connectivity index (χ2n) is 6.40. The number of nitrogens with zero attached hydrogens (tertiary/aromatic N) is 1. The number of amides is 2. The predicted molar refractivity (Wildman–Crippen MR) is 102 cm³/mol. The molecule has 0 spiro atoms. The zero-order valence-corrected chi connectivity index (χ0v) is 15.0. The Bertz CT molecular complexity index is 760. The summed E-state index contributed by atoms with van der Waals surface area (Å²) in [6, 6.07) is 14.2. The second-order valence-corrected chi connectivity index (χ2v) is 6.40. The SMILES string of the molecule is COc1ccc(C)cc1C(C)Nc1cccc(N2CCCNC2=O)c1. The number of nitrogens with one attached hydrogen (secondary N) is 2. The van der Waals surface area contributed by atoms with Crippen molar-refractivity contribution in [3.8, 4) is 5.75 Å². The Kier molecular flexibility index (Phi) is 5.12. The van der Waals surface area contributed by atoms with Crippen LogP contribution in [0.2, 0.25) is 0 Å². The Morgan fingerprint density at radius 3 is 2.84 bits per heavy atom. The third-order valence-electron chi connectivity index (χ3n) is 4.47. The van der Waals surface area contributed by atoms with E-state index in [-0.39, 0.29) is 12.1 Å². The zero-order valence-electron chi connectivity index (χ0n) is 15.0. The Morgan fingerprint density at radius 1 is 1.24 bits per heavy atom. The Morgan fingerprint density at radius 2 is 2.08 bits per heavy atom. The fraction of sp³-hybridized carbons (Fsp3) is 0.350. The van der Waals surface area contributed by atoms with Gasteiger partial charge in [0.15, 0.2) is 0 Å². The third-order valence-corrected chi connectivity index (χ3v) is 4.47. The number of benzene rings is 2. The Labute approximate surface area is 149 Å². The lowest BCUT2D eigenvalue weighted by atomic mass is 10.0. The normalized spacial score (nSPS) is 15.5. The molecule has 132 valence electrons. The molecule has 3 rings (SSSR count). The molecule has 2 N–H and O–H groups in total. The first-order valence-electron chi connectivity index (χ1n) is 8.65. The van der Waals surface area contributed by atoms with Gasteiger partial charge in [-0.15, -0.1) is 0 Å². The van der Waals surface area contributed by atoms with Crippen molar-refractivity contribution < 1.29 is 9.53 Å². The van der Waals surface area contributed by atoms with E-state index >= 15 is 0 Å². The fourth-order valence-electron chi connectivity index (χ4n) is 3.16. The van der Waals surface area contributed by atoms with Crippen LogP contribution in [-0.4, -0.2) is 26.2 Å².